The van der Waals surface area contributed by atoms with Crippen LogP contribution in [0.2, 0.25) is 0 Å². The van der Waals surface area contributed by atoms with Gasteiger partial charge in [0.2, 0.25) is 17.7 Å². The third kappa shape index (κ3) is 8.01. The van der Waals surface area contributed by atoms with Gasteiger partial charge in [-0.05, 0) is 44.2 Å². The van der Waals surface area contributed by atoms with Crippen molar-refractivity contribution in [3.05, 3.63) is 35.9 Å². The lowest BCUT2D eigenvalue weighted by molar-refractivity contribution is -0.133. The highest BCUT2D eigenvalue weighted by atomic mass is 16.5. The van der Waals surface area contributed by atoms with Crippen LogP contribution in [0.25, 0.3) is 0 Å². The Labute approximate surface area is 182 Å². The van der Waals surface area contributed by atoms with Gasteiger partial charge in [0, 0.05) is 0 Å². The molecule has 2 rings (SSSR count). The first-order valence-corrected chi connectivity index (χ1v) is 10.5. The van der Waals surface area contributed by atoms with Gasteiger partial charge in [0.25, 0.3) is 0 Å². The summed E-state index contributed by atoms with van der Waals surface area (Å²) in [5.74, 6) is -1.26. The summed E-state index contributed by atoms with van der Waals surface area (Å²) in [6.45, 7) is 6.08. The predicted octanol–water partition coefficient (Wildman–Crippen LogP) is 1.23. The average molecular weight is 433 g/mol. The predicted molar refractivity (Wildman–Crippen MR) is 115 cm³/mol. The number of ether oxygens (including phenoxy) is 1. The molecular weight excluding hydrogens is 400 g/mol. The first-order valence-electron chi connectivity index (χ1n) is 10.5. The molecule has 1 heterocycles. The monoisotopic (exact) mass is 432 g/mol. The van der Waals surface area contributed by atoms with Gasteiger partial charge in [-0.2, -0.15) is 0 Å². The van der Waals surface area contributed by atoms with Crippen LogP contribution < -0.4 is 21.3 Å². The highest BCUT2D eigenvalue weighted by Gasteiger charge is 2.37. The van der Waals surface area contributed by atoms with E-state index >= 15 is 0 Å². The van der Waals surface area contributed by atoms with Crippen molar-refractivity contribution in [1.82, 2.24) is 21.3 Å². The van der Waals surface area contributed by atoms with Crippen molar-refractivity contribution in [3.8, 4) is 0 Å². The average Bonchev–Trinajstić information content (AvgIpc) is 3.18. The molecule has 1 aromatic carbocycles. The van der Waals surface area contributed by atoms with Crippen LogP contribution in [0, 0.1) is 5.92 Å². The summed E-state index contributed by atoms with van der Waals surface area (Å²) in [7, 11) is 0. The lowest BCUT2D eigenvalue weighted by Gasteiger charge is -2.27. The van der Waals surface area contributed by atoms with E-state index in [4.69, 9.17) is 4.74 Å². The molecule has 170 valence electrons. The molecule has 4 N–H and O–H groups in total. The van der Waals surface area contributed by atoms with E-state index < -0.39 is 36.0 Å². The quantitative estimate of drug-likeness (QED) is 0.465. The summed E-state index contributed by atoms with van der Waals surface area (Å²) in [4.78, 5) is 49.0. The van der Waals surface area contributed by atoms with E-state index in [9.17, 15) is 19.2 Å². The number of benzene rings is 1. The van der Waals surface area contributed by atoms with Crippen LogP contribution in [0.1, 0.15) is 45.6 Å². The van der Waals surface area contributed by atoms with E-state index in [1.165, 1.54) is 0 Å². The fourth-order valence-electron chi connectivity index (χ4n) is 3.32. The van der Waals surface area contributed by atoms with Gasteiger partial charge >= 0.3 is 6.09 Å². The van der Waals surface area contributed by atoms with Crippen molar-refractivity contribution >= 4 is 23.8 Å². The number of carbonyl (C=O) groups excluding carboxylic acids is 4. The lowest BCUT2D eigenvalue weighted by atomic mass is 9.97. The molecule has 0 bridgehead atoms. The minimum atomic E-state index is -0.893. The minimum Gasteiger partial charge on any atom is -0.444 e. The van der Waals surface area contributed by atoms with Crippen LogP contribution in [-0.4, -0.2) is 48.5 Å². The van der Waals surface area contributed by atoms with Crippen LogP contribution >= 0.6 is 0 Å². The molecule has 31 heavy (non-hydrogen) atoms. The van der Waals surface area contributed by atoms with Gasteiger partial charge in [0.05, 0.1) is 12.1 Å². The van der Waals surface area contributed by atoms with E-state index in [0.29, 0.717) is 12.8 Å². The first-order chi connectivity index (χ1) is 14.7. The summed E-state index contributed by atoms with van der Waals surface area (Å²) in [5.41, 5.74) is 0.0891. The number of alkyl carbamates (subject to hydrolysis) is 1. The van der Waals surface area contributed by atoms with Gasteiger partial charge in [-0.15, -0.1) is 0 Å². The van der Waals surface area contributed by atoms with E-state index in [1.54, 1.807) is 12.1 Å². The van der Waals surface area contributed by atoms with E-state index in [-0.39, 0.29) is 18.4 Å². The Balaban J connectivity index is 1.80. The number of amides is 4. The van der Waals surface area contributed by atoms with Gasteiger partial charge < -0.3 is 20.7 Å². The van der Waals surface area contributed by atoms with E-state index in [1.807, 2.05) is 39.0 Å². The standard InChI is InChI=1S/C22H32N4O5/c1-15(2)12-17(25-20(29)22(3)10-7-11-24-22)19(28)23-13-18(27)26-21(30)31-14-16-8-5-4-6-9-16/h4-6,8-9,15,17,24H,7,10-14H2,1-3H3,(H,23,28)(H,25,29)(H,26,27,30)/t17-,22-/m0/s1. The zero-order valence-corrected chi connectivity index (χ0v) is 18.3. The molecule has 0 aliphatic carbocycles. The second kappa shape index (κ2) is 11.5. The normalized spacial score (nSPS) is 18.8. The zero-order chi connectivity index (χ0) is 22.9. The molecule has 2 atom stereocenters. The fourth-order valence-corrected chi connectivity index (χ4v) is 3.32. The Morgan fingerprint density at radius 2 is 1.87 bits per heavy atom. The van der Waals surface area contributed by atoms with Crippen LogP contribution in [0.5, 0.6) is 0 Å². The SMILES string of the molecule is CC(C)C[C@H](NC(=O)[C@]1(C)CCCN1)C(=O)NCC(=O)NC(=O)OCc1ccccc1. The van der Waals surface area contributed by atoms with E-state index in [2.05, 4.69) is 21.3 Å². The second-order valence-electron chi connectivity index (χ2n) is 8.35. The van der Waals surface area contributed by atoms with Crippen LogP contribution in [0.3, 0.4) is 0 Å². The lowest BCUT2D eigenvalue weighted by Crippen LogP contribution is -2.57. The zero-order valence-electron chi connectivity index (χ0n) is 18.3. The Morgan fingerprint density at radius 1 is 1.16 bits per heavy atom. The fraction of sp³-hybridized carbons (Fsp3) is 0.545. The van der Waals surface area contributed by atoms with E-state index in [0.717, 1.165) is 18.5 Å². The number of hydrogen-bond acceptors (Lipinski definition) is 6. The Kier molecular flexibility index (Phi) is 8.99. The number of carbonyl (C=O) groups is 4. The third-order valence-electron chi connectivity index (χ3n) is 5.08. The van der Waals surface area contributed by atoms with Gasteiger partial charge in [-0.3, -0.25) is 19.7 Å². The summed E-state index contributed by atoms with van der Waals surface area (Å²) < 4.78 is 4.98. The number of hydrogen-bond donors (Lipinski definition) is 4. The minimum absolute atomic E-state index is 0.0294. The molecule has 1 aliphatic heterocycles. The van der Waals surface area contributed by atoms with Gasteiger partial charge in [-0.25, -0.2) is 4.79 Å². The maximum atomic E-state index is 12.6. The Hall–Kier alpha value is -2.94. The van der Waals surface area contributed by atoms with Crippen LogP contribution in [0.4, 0.5) is 4.79 Å². The van der Waals surface area contributed by atoms with Crippen LogP contribution in [0.15, 0.2) is 30.3 Å². The van der Waals surface area contributed by atoms with Crippen molar-refractivity contribution in [2.75, 3.05) is 13.1 Å². The Morgan fingerprint density at radius 3 is 2.48 bits per heavy atom. The Bertz CT molecular complexity index is 775. The molecule has 1 saturated heterocycles. The highest BCUT2D eigenvalue weighted by molar-refractivity contribution is 5.96. The molecule has 0 unspecified atom stereocenters. The summed E-state index contributed by atoms with van der Waals surface area (Å²) in [5, 5.41) is 10.5. The number of imide groups is 1. The largest absolute Gasteiger partial charge is 0.444 e. The molecule has 9 heteroatoms. The molecule has 9 nitrogen and oxygen atoms in total. The number of rotatable bonds is 9. The van der Waals surface area contributed by atoms with Crippen LogP contribution in [-0.2, 0) is 25.7 Å². The molecular formula is C22H32N4O5. The summed E-state index contributed by atoms with van der Waals surface area (Å²) in [6, 6.07) is 8.28. The highest BCUT2D eigenvalue weighted by Crippen LogP contribution is 2.19. The third-order valence-corrected chi connectivity index (χ3v) is 5.08. The maximum absolute atomic E-state index is 12.6. The maximum Gasteiger partial charge on any atom is 0.414 e. The van der Waals surface area contributed by atoms with Gasteiger partial charge in [-0.1, -0.05) is 44.2 Å². The molecule has 1 aliphatic rings. The smallest absolute Gasteiger partial charge is 0.414 e. The molecule has 4 amide bonds. The van der Waals surface area contributed by atoms with Crippen molar-refractivity contribution in [2.24, 2.45) is 5.92 Å². The number of nitrogens with one attached hydrogen (secondary N) is 4. The van der Waals surface area contributed by atoms with Crippen molar-refractivity contribution in [2.45, 2.75) is 58.2 Å². The van der Waals surface area contributed by atoms with Gasteiger partial charge in [0.1, 0.15) is 12.6 Å². The molecule has 1 fully saturated rings. The van der Waals surface area contributed by atoms with Crippen molar-refractivity contribution in [1.29, 1.82) is 0 Å². The molecule has 0 radical (unpaired) electrons. The summed E-state index contributed by atoms with van der Waals surface area (Å²) >= 11 is 0. The second-order valence-corrected chi connectivity index (χ2v) is 8.35. The van der Waals surface area contributed by atoms with Crippen molar-refractivity contribution < 1.29 is 23.9 Å². The first kappa shape index (κ1) is 24.3. The topological polar surface area (TPSA) is 126 Å². The van der Waals surface area contributed by atoms with Crippen molar-refractivity contribution in [3.63, 3.8) is 0 Å². The van der Waals surface area contributed by atoms with Gasteiger partial charge in [0.15, 0.2) is 0 Å². The molecule has 0 aromatic heterocycles. The summed E-state index contributed by atoms with van der Waals surface area (Å²) in [6.07, 6.45) is 1.12. The molecule has 0 saturated carbocycles. The molecule has 1 aromatic rings. The molecule has 0 spiro atoms.